The molecule has 0 aliphatic carbocycles. The SMILES string of the molecule is O=C(O)[N+]1(c2cnn3ccccc23)CNc2ncncc21. The molecule has 3 aromatic heterocycles. The minimum Gasteiger partial charge on any atom is -0.435 e. The molecule has 1 aliphatic rings. The van der Waals surface area contributed by atoms with E-state index >= 15 is 0 Å². The lowest BCUT2D eigenvalue weighted by Crippen LogP contribution is -2.48. The van der Waals surface area contributed by atoms with Crippen molar-refractivity contribution in [3.63, 3.8) is 0 Å². The number of fused-ring (bicyclic) bond motifs is 2. The fourth-order valence-electron chi connectivity index (χ4n) is 2.72. The van der Waals surface area contributed by atoms with Gasteiger partial charge in [-0.3, -0.25) is 0 Å². The molecule has 0 saturated heterocycles. The van der Waals surface area contributed by atoms with Crippen LogP contribution in [-0.4, -0.2) is 37.5 Å². The largest absolute Gasteiger partial charge is 0.525 e. The smallest absolute Gasteiger partial charge is 0.435 e. The normalized spacial score (nSPS) is 20.2. The van der Waals surface area contributed by atoms with Crippen LogP contribution in [0.3, 0.4) is 0 Å². The molecule has 21 heavy (non-hydrogen) atoms. The lowest BCUT2D eigenvalue weighted by molar-refractivity contribution is 0.169. The summed E-state index contributed by atoms with van der Waals surface area (Å²) in [5.41, 5.74) is 1.81. The highest BCUT2D eigenvalue weighted by molar-refractivity contribution is 5.98. The van der Waals surface area contributed by atoms with Crippen LogP contribution >= 0.6 is 0 Å². The van der Waals surface area contributed by atoms with E-state index < -0.39 is 10.6 Å². The number of nitrogens with zero attached hydrogens (tertiary/aromatic N) is 5. The average Bonchev–Trinajstić information content (AvgIpc) is 3.09. The third kappa shape index (κ3) is 1.41. The van der Waals surface area contributed by atoms with Crippen molar-refractivity contribution >= 4 is 28.8 Å². The zero-order valence-electron chi connectivity index (χ0n) is 10.8. The van der Waals surface area contributed by atoms with Gasteiger partial charge in [-0.1, -0.05) is 6.07 Å². The molecule has 0 bridgehead atoms. The quantitative estimate of drug-likeness (QED) is 0.662. The van der Waals surface area contributed by atoms with Crippen molar-refractivity contribution in [1.29, 1.82) is 0 Å². The maximum atomic E-state index is 12.1. The Bertz CT molecular complexity index is 860. The molecule has 1 aliphatic heterocycles. The van der Waals surface area contributed by atoms with Crippen LogP contribution < -0.4 is 9.80 Å². The van der Waals surface area contributed by atoms with Crippen LogP contribution in [0, 0.1) is 0 Å². The monoisotopic (exact) mass is 283 g/mol. The molecule has 1 unspecified atom stereocenters. The van der Waals surface area contributed by atoms with E-state index in [4.69, 9.17) is 0 Å². The molecule has 8 nitrogen and oxygen atoms in total. The zero-order chi connectivity index (χ0) is 14.4. The number of hydrogen-bond donors (Lipinski definition) is 2. The summed E-state index contributed by atoms with van der Waals surface area (Å²) >= 11 is 0. The van der Waals surface area contributed by atoms with E-state index in [1.54, 1.807) is 16.9 Å². The second-order valence-corrected chi connectivity index (χ2v) is 4.74. The van der Waals surface area contributed by atoms with Gasteiger partial charge in [-0.15, -0.1) is 4.48 Å². The van der Waals surface area contributed by atoms with Crippen LogP contribution in [0.1, 0.15) is 0 Å². The second kappa shape index (κ2) is 4.00. The molecule has 4 rings (SSSR count). The van der Waals surface area contributed by atoms with Gasteiger partial charge in [0, 0.05) is 6.20 Å². The number of anilines is 1. The van der Waals surface area contributed by atoms with Gasteiger partial charge in [-0.2, -0.15) is 9.89 Å². The van der Waals surface area contributed by atoms with Crippen molar-refractivity contribution in [2.24, 2.45) is 0 Å². The Morgan fingerprint density at radius 2 is 2.24 bits per heavy atom. The number of quaternary nitrogens is 1. The lowest BCUT2D eigenvalue weighted by atomic mass is 10.2. The molecule has 0 fully saturated rings. The molecule has 0 radical (unpaired) electrons. The molecule has 3 aromatic rings. The number of aromatic nitrogens is 4. The minimum absolute atomic E-state index is 0.166. The first-order valence-corrected chi connectivity index (χ1v) is 6.32. The van der Waals surface area contributed by atoms with Crippen molar-refractivity contribution in [3.8, 4) is 0 Å². The molecule has 104 valence electrons. The molecule has 8 heteroatoms. The van der Waals surface area contributed by atoms with E-state index in [9.17, 15) is 9.90 Å². The van der Waals surface area contributed by atoms with Crippen LogP contribution in [0.2, 0.25) is 0 Å². The number of rotatable bonds is 1. The molecular weight excluding hydrogens is 272 g/mol. The standard InChI is InChI=1S/C13H10N6O2/c20-13(21)19(8-16-12-11(19)5-14-7-15-12)10-6-17-18-4-2-1-3-9(10)18/h1-7H,8H2,(H-,14,15,16,20,21)/p+1. The Morgan fingerprint density at radius 1 is 1.33 bits per heavy atom. The first-order chi connectivity index (χ1) is 10.2. The molecule has 0 saturated carbocycles. The highest BCUT2D eigenvalue weighted by Crippen LogP contribution is 2.44. The summed E-state index contributed by atoms with van der Waals surface area (Å²) in [7, 11) is 0. The Balaban J connectivity index is 2.05. The fraction of sp³-hybridized carbons (Fsp3) is 0.0769. The summed E-state index contributed by atoms with van der Waals surface area (Å²) in [6, 6.07) is 5.53. The number of carboxylic acid groups (broad SMARTS) is 1. The molecule has 0 spiro atoms. The topological polar surface area (TPSA) is 92.4 Å². The van der Waals surface area contributed by atoms with E-state index in [1.807, 2.05) is 18.2 Å². The second-order valence-electron chi connectivity index (χ2n) is 4.74. The molecule has 2 N–H and O–H groups in total. The van der Waals surface area contributed by atoms with Crippen molar-refractivity contribution in [1.82, 2.24) is 24.1 Å². The highest BCUT2D eigenvalue weighted by atomic mass is 16.4. The van der Waals surface area contributed by atoms with Crippen LogP contribution in [0.15, 0.2) is 43.1 Å². The molecular formula is C13H11N6O2+. The van der Waals surface area contributed by atoms with Crippen LogP contribution in [0.25, 0.3) is 5.52 Å². The maximum Gasteiger partial charge on any atom is 0.525 e. The first-order valence-electron chi connectivity index (χ1n) is 6.32. The summed E-state index contributed by atoms with van der Waals surface area (Å²) in [4.78, 5) is 20.1. The van der Waals surface area contributed by atoms with Crippen molar-refractivity contribution in [2.75, 3.05) is 12.0 Å². The van der Waals surface area contributed by atoms with Crippen LogP contribution in [0.4, 0.5) is 22.0 Å². The maximum absolute atomic E-state index is 12.1. The summed E-state index contributed by atoms with van der Waals surface area (Å²) in [5.74, 6) is 0.530. The Kier molecular flexibility index (Phi) is 2.24. The zero-order valence-corrected chi connectivity index (χ0v) is 10.8. The van der Waals surface area contributed by atoms with Gasteiger partial charge >= 0.3 is 6.09 Å². The summed E-state index contributed by atoms with van der Waals surface area (Å²) in [5, 5.41) is 17.1. The average molecular weight is 283 g/mol. The number of amides is 1. The first kappa shape index (κ1) is 11.8. The van der Waals surface area contributed by atoms with Gasteiger partial charge in [0.15, 0.2) is 18.2 Å². The fourth-order valence-corrected chi connectivity index (χ4v) is 2.72. The van der Waals surface area contributed by atoms with E-state index in [1.165, 1.54) is 12.5 Å². The third-order valence-corrected chi connectivity index (χ3v) is 3.73. The number of pyridine rings is 1. The predicted molar refractivity (Wildman–Crippen MR) is 75.2 cm³/mol. The van der Waals surface area contributed by atoms with Crippen molar-refractivity contribution in [3.05, 3.63) is 43.1 Å². The van der Waals surface area contributed by atoms with Gasteiger partial charge in [-0.25, -0.2) is 14.5 Å². The van der Waals surface area contributed by atoms with Gasteiger partial charge in [0.05, 0.1) is 6.20 Å². The Labute approximate surface area is 118 Å². The number of carbonyl (C=O) groups is 1. The van der Waals surface area contributed by atoms with Gasteiger partial charge in [0.2, 0.25) is 5.69 Å². The van der Waals surface area contributed by atoms with Gasteiger partial charge in [0.25, 0.3) is 0 Å². The van der Waals surface area contributed by atoms with Crippen molar-refractivity contribution in [2.45, 2.75) is 0 Å². The van der Waals surface area contributed by atoms with Crippen LogP contribution in [0.5, 0.6) is 0 Å². The van der Waals surface area contributed by atoms with Gasteiger partial charge in [-0.05, 0) is 12.1 Å². The number of nitrogens with one attached hydrogen (secondary N) is 1. The summed E-state index contributed by atoms with van der Waals surface area (Å²) in [6.45, 7) is 0.166. The predicted octanol–water partition coefficient (Wildman–Crippen LogP) is 1.82. The lowest BCUT2D eigenvalue weighted by Gasteiger charge is -2.24. The molecule has 4 heterocycles. The van der Waals surface area contributed by atoms with Crippen LogP contribution in [-0.2, 0) is 0 Å². The van der Waals surface area contributed by atoms with Gasteiger partial charge < -0.3 is 10.4 Å². The van der Waals surface area contributed by atoms with Crippen molar-refractivity contribution < 1.29 is 9.90 Å². The van der Waals surface area contributed by atoms with E-state index in [0.717, 1.165) is 5.52 Å². The Morgan fingerprint density at radius 3 is 3.10 bits per heavy atom. The third-order valence-electron chi connectivity index (χ3n) is 3.73. The highest BCUT2D eigenvalue weighted by Gasteiger charge is 2.51. The minimum atomic E-state index is -1.00. The molecule has 0 aromatic carbocycles. The summed E-state index contributed by atoms with van der Waals surface area (Å²) in [6.07, 6.45) is 5.28. The van der Waals surface area contributed by atoms with E-state index in [-0.39, 0.29) is 6.67 Å². The molecule has 1 atom stereocenters. The Hall–Kier alpha value is -3.00. The van der Waals surface area contributed by atoms with E-state index in [0.29, 0.717) is 17.2 Å². The van der Waals surface area contributed by atoms with E-state index in [2.05, 4.69) is 20.4 Å². The number of hydrogen-bond acceptors (Lipinski definition) is 5. The molecule has 1 amide bonds. The van der Waals surface area contributed by atoms with Gasteiger partial charge in [0.1, 0.15) is 18.0 Å². The summed E-state index contributed by atoms with van der Waals surface area (Å²) < 4.78 is 1.24.